The second kappa shape index (κ2) is 9.08. The molecule has 1 aliphatic heterocycles. The maximum absolute atomic E-state index is 5.51. The summed E-state index contributed by atoms with van der Waals surface area (Å²) in [5.41, 5.74) is 1.28. The van der Waals surface area contributed by atoms with Gasteiger partial charge in [0.15, 0.2) is 5.11 Å². The molecule has 5 heteroatoms. The molecule has 1 aromatic carbocycles. The highest BCUT2D eigenvalue weighted by atomic mass is 32.1. The predicted molar refractivity (Wildman–Crippen MR) is 94.2 cm³/mol. The van der Waals surface area contributed by atoms with Gasteiger partial charge >= 0.3 is 0 Å². The molecule has 1 heterocycles. The van der Waals surface area contributed by atoms with E-state index in [1.54, 1.807) is 4.90 Å². The first kappa shape index (κ1) is 17.2. The molecule has 0 radical (unpaired) electrons. The molecular formula is C17H28N3OS+. The van der Waals surface area contributed by atoms with Crippen LogP contribution in [0.15, 0.2) is 30.3 Å². The van der Waals surface area contributed by atoms with Gasteiger partial charge in [-0.25, -0.2) is 0 Å². The summed E-state index contributed by atoms with van der Waals surface area (Å²) in [6.07, 6.45) is 1.14. The number of ether oxygens (including phenoxy) is 1. The van der Waals surface area contributed by atoms with Crippen molar-refractivity contribution in [1.82, 2.24) is 10.2 Å². The van der Waals surface area contributed by atoms with Crippen molar-refractivity contribution in [3.8, 4) is 0 Å². The zero-order chi connectivity index (χ0) is 15.8. The predicted octanol–water partition coefficient (Wildman–Crippen LogP) is 0.859. The molecule has 2 N–H and O–H groups in total. The second-order valence-electron chi connectivity index (χ2n) is 5.90. The van der Waals surface area contributed by atoms with Crippen LogP contribution in [0.1, 0.15) is 24.9 Å². The molecular weight excluding hydrogens is 294 g/mol. The van der Waals surface area contributed by atoms with Crippen LogP contribution in [0.25, 0.3) is 0 Å². The number of benzene rings is 1. The van der Waals surface area contributed by atoms with Crippen molar-refractivity contribution in [2.45, 2.75) is 19.4 Å². The van der Waals surface area contributed by atoms with Crippen LogP contribution >= 0.6 is 12.2 Å². The summed E-state index contributed by atoms with van der Waals surface area (Å²) in [7, 11) is 2.06. The number of hydrogen-bond donors (Lipinski definition) is 2. The van der Waals surface area contributed by atoms with Gasteiger partial charge in [0.25, 0.3) is 0 Å². The molecule has 0 aromatic heterocycles. The molecule has 1 fully saturated rings. The minimum absolute atomic E-state index is 0.283. The number of rotatable bonds is 6. The fourth-order valence-corrected chi connectivity index (χ4v) is 2.96. The van der Waals surface area contributed by atoms with Gasteiger partial charge < -0.3 is 19.9 Å². The lowest BCUT2D eigenvalue weighted by Gasteiger charge is -2.28. The van der Waals surface area contributed by atoms with Crippen molar-refractivity contribution in [3.05, 3.63) is 35.9 Å². The molecule has 0 aliphatic carbocycles. The smallest absolute Gasteiger partial charge is 0.169 e. The number of nitrogens with one attached hydrogen (secondary N) is 2. The molecule has 4 nitrogen and oxygen atoms in total. The third kappa shape index (κ3) is 5.23. The van der Waals surface area contributed by atoms with Gasteiger partial charge in [0, 0.05) is 20.0 Å². The largest absolute Gasteiger partial charge is 0.370 e. The van der Waals surface area contributed by atoms with Gasteiger partial charge in [0.05, 0.1) is 25.8 Å². The maximum atomic E-state index is 5.51. The molecule has 1 atom stereocenters. The van der Waals surface area contributed by atoms with E-state index in [0.717, 1.165) is 44.4 Å². The first-order valence-corrected chi connectivity index (χ1v) is 8.56. The molecule has 0 amide bonds. The van der Waals surface area contributed by atoms with E-state index in [1.165, 1.54) is 12.1 Å². The summed E-state index contributed by atoms with van der Waals surface area (Å²) in [4.78, 5) is 3.77. The molecule has 1 saturated heterocycles. The van der Waals surface area contributed by atoms with Gasteiger partial charge in [-0.15, -0.1) is 0 Å². The highest BCUT2D eigenvalue weighted by Gasteiger charge is 2.15. The monoisotopic (exact) mass is 322 g/mol. The van der Waals surface area contributed by atoms with Crippen LogP contribution in [0, 0.1) is 0 Å². The van der Waals surface area contributed by atoms with E-state index < -0.39 is 0 Å². The lowest BCUT2D eigenvalue weighted by atomic mass is 10.1. The van der Waals surface area contributed by atoms with E-state index >= 15 is 0 Å². The van der Waals surface area contributed by atoms with Gasteiger partial charge in [0.2, 0.25) is 0 Å². The minimum atomic E-state index is 0.283. The normalized spacial score (nSPS) is 17.0. The zero-order valence-electron chi connectivity index (χ0n) is 13.7. The van der Waals surface area contributed by atoms with E-state index in [-0.39, 0.29) is 6.04 Å². The molecule has 22 heavy (non-hydrogen) atoms. The lowest BCUT2D eigenvalue weighted by molar-refractivity contribution is -0.908. The molecule has 1 aliphatic rings. The van der Waals surface area contributed by atoms with Crippen molar-refractivity contribution in [2.75, 3.05) is 46.4 Å². The molecule has 0 spiro atoms. The highest BCUT2D eigenvalue weighted by Crippen LogP contribution is 2.17. The van der Waals surface area contributed by atoms with Gasteiger partial charge in [0.1, 0.15) is 13.1 Å². The van der Waals surface area contributed by atoms with Crippen molar-refractivity contribution in [2.24, 2.45) is 0 Å². The fourth-order valence-electron chi connectivity index (χ4n) is 2.70. The van der Waals surface area contributed by atoms with Crippen LogP contribution in [0.5, 0.6) is 0 Å². The van der Waals surface area contributed by atoms with Gasteiger partial charge in [-0.05, 0) is 24.7 Å². The van der Waals surface area contributed by atoms with Crippen LogP contribution in [0.2, 0.25) is 0 Å². The number of thiocarbonyl (C=S) groups is 1. The molecule has 2 rings (SSSR count). The number of quaternary nitrogens is 1. The Morgan fingerprint density at radius 2 is 2.00 bits per heavy atom. The Morgan fingerprint density at radius 3 is 2.68 bits per heavy atom. The van der Waals surface area contributed by atoms with E-state index in [4.69, 9.17) is 17.0 Å². The summed E-state index contributed by atoms with van der Waals surface area (Å²) in [6.45, 7) is 8.38. The Hall–Kier alpha value is -1.17. The minimum Gasteiger partial charge on any atom is -0.370 e. The number of morpholine rings is 1. The Balaban J connectivity index is 1.67. The fraction of sp³-hybridized carbons (Fsp3) is 0.588. The van der Waals surface area contributed by atoms with Gasteiger partial charge in [-0.1, -0.05) is 30.3 Å². The summed E-state index contributed by atoms with van der Waals surface area (Å²) in [6, 6.07) is 10.8. The first-order chi connectivity index (χ1) is 10.7. The van der Waals surface area contributed by atoms with Crippen LogP contribution in [0.4, 0.5) is 0 Å². The average molecular weight is 322 g/mol. The standard InChI is InChI=1S/C17H27N3OS/c1-15(16-7-4-3-5-8-16)19(2)17(22)18-9-6-10-20-11-13-21-14-12-20/h3-5,7-8,15H,6,9-14H2,1-2H3,(H,18,22)/p+1/t15-/m0/s1. The molecule has 1 aromatic rings. The van der Waals surface area contributed by atoms with E-state index in [2.05, 4.69) is 48.5 Å². The summed E-state index contributed by atoms with van der Waals surface area (Å²) >= 11 is 5.51. The molecule has 122 valence electrons. The second-order valence-corrected chi connectivity index (χ2v) is 6.28. The van der Waals surface area contributed by atoms with E-state index in [0.29, 0.717) is 0 Å². The van der Waals surface area contributed by atoms with Crippen molar-refractivity contribution >= 4 is 17.3 Å². The van der Waals surface area contributed by atoms with Crippen molar-refractivity contribution in [3.63, 3.8) is 0 Å². The molecule has 0 unspecified atom stereocenters. The maximum Gasteiger partial charge on any atom is 0.169 e. The van der Waals surface area contributed by atoms with E-state index in [1.807, 2.05) is 6.07 Å². The molecule has 0 saturated carbocycles. The highest BCUT2D eigenvalue weighted by molar-refractivity contribution is 7.80. The first-order valence-electron chi connectivity index (χ1n) is 8.15. The van der Waals surface area contributed by atoms with Crippen LogP contribution in [-0.2, 0) is 4.74 Å². The van der Waals surface area contributed by atoms with E-state index in [9.17, 15) is 0 Å². The number of nitrogens with zero attached hydrogens (tertiary/aromatic N) is 1. The average Bonchev–Trinajstić information content (AvgIpc) is 2.59. The SMILES string of the molecule is C[C@@H](c1ccccc1)N(C)C(=S)NCCC[NH+]1CCOCC1. The Morgan fingerprint density at radius 1 is 1.32 bits per heavy atom. The summed E-state index contributed by atoms with van der Waals surface area (Å²) in [5.74, 6) is 0. The van der Waals surface area contributed by atoms with Crippen LogP contribution in [0.3, 0.4) is 0 Å². The Bertz CT molecular complexity index is 448. The molecule has 0 bridgehead atoms. The topological polar surface area (TPSA) is 28.9 Å². The quantitative estimate of drug-likeness (QED) is 0.600. The Labute approximate surface area is 139 Å². The summed E-state index contributed by atoms with van der Waals surface area (Å²) in [5, 5.41) is 4.21. The summed E-state index contributed by atoms with van der Waals surface area (Å²) < 4.78 is 5.38. The third-order valence-electron chi connectivity index (χ3n) is 4.37. The van der Waals surface area contributed by atoms with Crippen LogP contribution < -0.4 is 10.2 Å². The van der Waals surface area contributed by atoms with Gasteiger partial charge in [-0.3, -0.25) is 0 Å². The van der Waals surface area contributed by atoms with Gasteiger partial charge in [-0.2, -0.15) is 0 Å². The third-order valence-corrected chi connectivity index (χ3v) is 4.80. The Kier molecular flexibility index (Phi) is 7.09. The van der Waals surface area contributed by atoms with Crippen LogP contribution in [-0.4, -0.2) is 56.5 Å². The van der Waals surface area contributed by atoms with Crippen molar-refractivity contribution < 1.29 is 9.64 Å². The zero-order valence-corrected chi connectivity index (χ0v) is 14.5. The number of hydrogen-bond acceptors (Lipinski definition) is 2. The lowest BCUT2D eigenvalue weighted by Crippen LogP contribution is -3.14. The van der Waals surface area contributed by atoms with Crippen molar-refractivity contribution in [1.29, 1.82) is 0 Å².